The summed E-state index contributed by atoms with van der Waals surface area (Å²) in [6, 6.07) is 0. The molecule has 0 aromatic carbocycles. The Kier molecular flexibility index (Phi) is 7.40. The van der Waals surface area contributed by atoms with Crippen LogP contribution in [-0.4, -0.2) is 28.7 Å². The molecule has 0 radical (unpaired) electrons. The first kappa shape index (κ1) is 11.4. The van der Waals surface area contributed by atoms with Gasteiger partial charge in [-0.05, 0) is 0 Å². The normalized spacial score (nSPS) is 10.3. The minimum absolute atomic E-state index is 0. The van der Waals surface area contributed by atoms with Crippen LogP contribution in [0.2, 0.25) is 0 Å². The first-order valence-electron chi connectivity index (χ1n) is 1.06. The molecule has 0 heterocycles. The summed E-state index contributed by atoms with van der Waals surface area (Å²) in [7, 11) is -4.58. The maximum Gasteiger partial charge on any atom is 1.00 e. The number of hydrogen-bond acceptors (Lipinski definition) is 5. The summed E-state index contributed by atoms with van der Waals surface area (Å²) in [4.78, 5) is 22.8. The monoisotopic (exact) mass is 152 g/mol. The van der Waals surface area contributed by atoms with E-state index in [9.17, 15) is 0 Å². The van der Waals surface area contributed by atoms with Gasteiger partial charge < -0.3 is 15.8 Å². The Labute approximate surface area is 84.9 Å². The second-order valence-corrected chi connectivity index (χ2v) is 2.00. The third kappa shape index (κ3) is 11.3. The van der Waals surface area contributed by atoms with Gasteiger partial charge >= 0.3 is 60.4 Å². The summed E-state index contributed by atoms with van der Waals surface area (Å²) in [5.41, 5.74) is 0. The van der Waals surface area contributed by atoms with Crippen LogP contribution in [0.3, 0.4) is 0 Å². The van der Waals surface area contributed by atoms with E-state index in [-0.39, 0.29) is 52.8 Å². The van der Waals surface area contributed by atoms with Crippen LogP contribution in [0.15, 0.2) is 0 Å². The van der Waals surface area contributed by atoms with Crippen molar-refractivity contribution in [2.75, 3.05) is 0 Å². The van der Waals surface area contributed by atoms with E-state index in [0.29, 0.717) is 0 Å². The van der Waals surface area contributed by atoms with Crippen LogP contribution in [0.1, 0.15) is 1.43 Å². The average molecular weight is 152 g/mol. The smallest absolute Gasteiger partial charge is 1.00 e. The molecule has 0 fully saturated rings. The molecule has 7 heteroatoms. The van der Waals surface area contributed by atoms with Crippen molar-refractivity contribution in [3.05, 3.63) is 0 Å². The molecule has 0 rings (SSSR count). The molecular formula is H5KO5Si. The van der Waals surface area contributed by atoms with Crippen molar-refractivity contribution in [1.29, 1.82) is 0 Å². The van der Waals surface area contributed by atoms with Crippen molar-refractivity contribution in [2.24, 2.45) is 0 Å². The summed E-state index contributed by atoms with van der Waals surface area (Å²) in [6.07, 6.45) is 0. The fraction of sp³-hybridized carbons (Fsp3) is 0. The molecule has 5 nitrogen and oxygen atoms in total. The quantitative estimate of drug-likeness (QED) is 0.172. The van der Waals surface area contributed by atoms with Gasteiger partial charge in [0.15, 0.2) is 0 Å². The van der Waals surface area contributed by atoms with Gasteiger partial charge in [0.25, 0.3) is 0 Å². The Hall–Kier alpha value is 1.65. The van der Waals surface area contributed by atoms with E-state index in [4.69, 9.17) is 19.6 Å². The van der Waals surface area contributed by atoms with Gasteiger partial charge in [-0.25, -0.2) is 0 Å². The van der Waals surface area contributed by atoms with Crippen LogP contribution in [-0.2, 0) is 4.58 Å². The van der Waals surface area contributed by atoms with Gasteiger partial charge in [0.05, 0.1) is 0 Å². The number of hydrogen-bond donors (Lipinski definition) is 4. The average Bonchev–Trinajstić information content (AvgIpc) is 1.35. The van der Waals surface area contributed by atoms with E-state index in [1.54, 1.807) is 0 Å². The molecular weight excluding hydrogens is 147 g/mol. The Morgan fingerprint density at radius 2 is 1.43 bits per heavy atom. The van der Waals surface area contributed by atoms with E-state index in [0.717, 1.165) is 0 Å². The Balaban J connectivity index is -0.000000125. The summed E-state index contributed by atoms with van der Waals surface area (Å²) >= 11 is 0. The Morgan fingerprint density at radius 1 is 1.29 bits per heavy atom. The van der Waals surface area contributed by atoms with Gasteiger partial charge in [-0.2, -0.15) is 4.58 Å². The molecule has 0 saturated carbocycles. The van der Waals surface area contributed by atoms with Crippen molar-refractivity contribution >= 4 is 9.05 Å². The molecule has 0 aliphatic heterocycles. The molecule has 7 heavy (non-hydrogen) atoms. The summed E-state index contributed by atoms with van der Waals surface area (Å²) in [5, 5.41) is 7.21. The van der Waals surface area contributed by atoms with Crippen LogP contribution in [0, 0.1) is 0 Å². The van der Waals surface area contributed by atoms with E-state index in [1.165, 1.54) is 0 Å². The topological polar surface area (TPSA) is 90.2 Å². The third-order valence-electron chi connectivity index (χ3n) is 0.122. The second-order valence-electron chi connectivity index (χ2n) is 0.665. The van der Waals surface area contributed by atoms with Gasteiger partial charge in [0, 0.05) is 0 Å². The zero-order chi connectivity index (χ0) is 5.21. The van der Waals surface area contributed by atoms with E-state index in [2.05, 4.69) is 4.58 Å². The molecule has 0 atom stereocenters. The molecule has 0 bridgehead atoms. The predicted molar refractivity (Wildman–Crippen MR) is 17.2 cm³/mol. The van der Waals surface area contributed by atoms with Crippen LogP contribution in [0.5, 0.6) is 0 Å². The molecule has 4 N–H and O–H groups in total. The molecule has 0 amide bonds. The Morgan fingerprint density at radius 3 is 1.43 bits per heavy atom. The predicted octanol–water partition coefficient (Wildman–Crippen LogP) is -4.99. The van der Waals surface area contributed by atoms with Gasteiger partial charge in [0.2, 0.25) is 0 Å². The van der Waals surface area contributed by atoms with Crippen LogP contribution in [0.4, 0.5) is 0 Å². The van der Waals surface area contributed by atoms with E-state index >= 15 is 0 Å². The van der Waals surface area contributed by atoms with Crippen molar-refractivity contribution < 1.29 is 77.0 Å². The summed E-state index contributed by atoms with van der Waals surface area (Å²) < 4.78 is 2.74. The van der Waals surface area contributed by atoms with Gasteiger partial charge in [-0.15, -0.1) is 0 Å². The largest absolute Gasteiger partial charge is 1.00 e. The Bertz CT molecular complexity index is 42.2. The van der Waals surface area contributed by atoms with Gasteiger partial charge in [-0.1, -0.05) is 0 Å². The maximum absolute atomic E-state index is 7.60. The van der Waals surface area contributed by atoms with Crippen LogP contribution >= 0.6 is 0 Å². The fourth-order valence-corrected chi connectivity index (χ4v) is 0. The third-order valence-corrected chi connectivity index (χ3v) is 0.367. The number of rotatable bonds is 1. The minimum atomic E-state index is -4.58. The van der Waals surface area contributed by atoms with E-state index in [1.807, 2.05) is 0 Å². The first-order valence-corrected chi connectivity index (χ1v) is 2.81. The SMILES string of the molecule is OO[Si](O)(O)O.[H-].[K+]. The zero-order valence-corrected chi connectivity index (χ0v) is 7.82. The zero-order valence-electron chi connectivity index (χ0n) is 4.70. The van der Waals surface area contributed by atoms with Crippen molar-refractivity contribution in [1.82, 2.24) is 0 Å². The van der Waals surface area contributed by atoms with Crippen LogP contribution in [0.25, 0.3) is 0 Å². The summed E-state index contributed by atoms with van der Waals surface area (Å²) in [5.74, 6) is 0. The molecule has 0 aliphatic rings. The van der Waals surface area contributed by atoms with Crippen molar-refractivity contribution in [3.8, 4) is 0 Å². The van der Waals surface area contributed by atoms with Crippen LogP contribution < -0.4 is 51.4 Å². The molecule has 0 spiro atoms. The standard InChI is InChI=1S/K.H4O5Si.H/c;1-5-6(2,3)4;/h;1-4H;/q+1;;-1. The first-order chi connectivity index (χ1) is 2.56. The molecule has 0 aromatic heterocycles. The molecule has 0 aliphatic carbocycles. The summed E-state index contributed by atoms with van der Waals surface area (Å²) in [6.45, 7) is 0. The van der Waals surface area contributed by atoms with Crippen molar-refractivity contribution in [3.63, 3.8) is 0 Å². The molecule has 0 unspecified atom stereocenters. The second kappa shape index (κ2) is 4.52. The minimum Gasteiger partial charge on any atom is -1.00 e. The molecule has 0 aromatic rings. The molecule has 40 valence electrons. The molecule has 0 saturated heterocycles. The fourth-order valence-electron chi connectivity index (χ4n) is 0. The van der Waals surface area contributed by atoms with Crippen molar-refractivity contribution in [2.45, 2.75) is 0 Å². The maximum atomic E-state index is 7.60. The van der Waals surface area contributed by atoms with Gasteiger partial charge in [0.1, 0.15) is 0 Å². The van der Waals surface area contributed by atoms with E-state index < -0.39 is 9.05 Å². The van der Waals surface area contributed by atoms with Gasteiger partial charge in [-0.3, -0.25) is 5.26 Å².